The zero-order valence-corrected chi connectivity index (χ0v) is 16.3. The molecule has 0 saturated carbocycles. The number of aromatic nitrogens is 2. The van der Waals surface area contributed by atoms with Gasteiger partial charge in [-0.2, -0.15) is 0 Å². The Morgan fingerprint density at radius 2 is 2.07 bits per heavy atom. The summed E-state index contributed by atoms with van der Waals surface area (Å²) in [5.41, 5.74) is -0.280. The largest absolute Gasteiger partial charge is 0.313 e. The second kappa shape index (κ2) is 8.44. The molecule has 0 bridgehead atoms. The summed E-state index contributed by atoms with van der Waals surface area (Å²) < 4.78 is 29.4. The minimum atomic E-state index is -1.11. The molecule has 1 aliphatic heterocycles. The summed E-state index contributed by atoms with van der Waals surface area (Å²) in [4.78, 5) is 20.0. The van der Waals surface area contributed by atoms with Gasteiger partial charge in [0.25, 0.3) is 5.56 Å². The van der Waals surface area contributed by atoms with E-state index < -0.39 is 17.2 Å². The van der Waals surface area contributed by atoms with E-state index in [1.54, 1.807) is 0 Å². The molecule has 0 radical (unpaired) electrons. The van der Waals surface area contributed by atoms with E-state index in [0.29, 0.717) is 18.4 Å². The maximum absolute atomic E-state index is 14.3. The molecule has 148 valence electrons. The van der Waals surface area contributed by atoms with Gasteiger partial charge in [-0.15, -0.1) is 0 Å². The van der Waals surface area contributed by atoms with Crippen molar-refractivity contribution < 1.29 is 8.78 Å². The number of benzene rings is 1. The van der Waals surface area contributed by atoms with Crippen molar-refractivity contribution in [1.29, 1.82) is 0 Å². The van der Waals surface area contributed by atoms with E-state index in [2.05, 4.69) is 29.0 Å². The van der Waals surface area contributed by atoms with Crippen LogP contribution < -0.4 is 10.9 Å². The van der Waals surface area contributed by atoms with E-state index in [9.17, 15) is 13.6 Å². The fourth-order valence-corrected chi connectivity index (χ4v) is 3.91. The first-order chi connectivity index (χ1) is 13.0. The molecule has 1 unspecified atom stereocenters. The second-order valence-corrected chi connectivity index (χ2v) is 7.26. The van der Waals surface area contributed by atoms with Gasteiger partial charge in [-0.1, -0.05) is 13.3 Å². The zero-order valence-electron chi connectivity index (χ0n) is 16.3. The molecule has 1 N–H and O–H groups in total. The maximum Gasteiger partial charge on any atom is 0.264 e. The second-order valence-electron chi connectivity index (χ2n) is 7.26. The highest BCUT2D eigenvalue weighted by Crippen LogP contribution is 2.27. The van der Waals surface area contributed by atoms with Crippen molar-refractivity contribution in [3.8, 4) is 0 Å². The lowest BCUT2D eigenvalue weighted by atomic mass is 10.1. The lowest BCUT2D eigenvalue weighted by Crippen LogP contribution is -2.37. The standard InChI is InChI=1S/C20H28F2N4O/c1-4-6-16(25-11-9-13(3)23-10-12-25)19-24-15-8-7-14(21)18(22)17(15)20(27)26(19)5-2/h7-8,13,16,23H,4-6,9-12H2,1-3H3/t13-,16?/m1/s1. The smallest absolute Gasteiger partial charge is 0.264 e. The molecule has 0 amide bonds. The molecule has 1 aromatic carbocycles. The number of rotatable bonds is 5. The fourth-order valence-electron chi connectivity index (χ4n) is 3.91. The molecule has 7 heteroatoms. The van der Waals surface area contributed by atoms with Crippen LogP contribution in [0.4, 0.5) is 8.78 Å². The molecule has 2 atom stereocenters. The van der Waals surface area contributed by atoms with Crippen molar-refractivity contribution in [3.05, 3.63) is 39.9 Å². The Morgan fingerprint density at radius 3 is 2.78 bits per heavy atom. The molecule has 1 saturated heterocycles. The number of nitrogens with one attached hydrogen (secondary N) is 1. The summed E-state index contributed by atoms with van der Waals surface area (Å²) in [6.45, 7) is 9.15. The van der Waals surface area contributed by atoms with Crippen LogP contribution in [0.5, 0.6) is 0 Å². The summed E-state index contributed by atoms with van der Waals surface area (Å²) in [6.07, 6.45) is 2.82. The maximum atomic E-state index is 14.3. The summed E-state index contributed by atoms with van der Waals surface area (Å²) in [6, 6.07) is 2.86. The zero-order chi connectivity index (χ0) is 19.6. The van der Waals surface area contributed by atoms with Crippen LogP contribution in [-0.2, 0) is 6.54 Å². The molecule has 1 fully saturated rings. The molecule has 27 heavy (non-hydrogen) atoms. The van der Waals surface area contributed by atoms with Crippen molar-refractivity contribution >= 4 is 10.9 Å². The van der Waals surface area contributed by atoms with Crippen LogP contribution in [0.25, 0.3) is 10.9 Å². The molecule has 5 nitrogen and oxygen atoms in total. The number of fused-ring (bicyclic) bond motifs is 1. The topological polar surface area (TPSA) is 50.2 Å². The van der Waals surface area contributed by atoms with Gasteiger partial charge in [0, 0.05) is 32.2 Å². The normalized spacial score (nSPS) is 20.0. The minimum Gasteiger partial charge on any atom is -0.313 e. The van der Waals surface area contributed by atoms with Crippen LogP contribution >= 0.6 is 0 Å². The highest BCUT2D eigenvalue weighted by Gasteiger charge is 2.27. The molecular formula is C20H28F2N4O. The predicted molar refractivity (Wildman–Crippen MR) is 103 cm³/mol. The molecule has 0 spiro atoms. The van der Waals surface area contributed by atoms with E-state index in [0.717, 1.165) is 45.0 Å². The van der Waals surface area contributed by atoms with Gasteiger partial charge in [-0.3, -0.25) is 14.3 Å². The Labute approximate surface area is 158 Å². The third kappa shape index (κ3) is 3.89. The summed E-state index contributed by atoms with van der Waals surface area (Å²) in [5.74, 6) is -1.48. The molecule has 2 aromatic rings. The SMILES string of the molecule is CCCC(c1nc2ccc(F)c(F)c2c(=O)n1CC)N1CCN[C@H](C)CC1. The Bertz CT molecular complexity index is 867. The Kier molecular flexibility index (Phi) is 6.22. The van der Waals surface area contributed by atoms with Gasteiger partial charge in [0.2, 0.25) is 0 Å². The first-order valence-electron chi connectivity index (χ1n) is 9.83. The van der Waals surface area contributed by atoms with Crippen LogP contribution in [-0.4, -0.2) is 40.1 Å². The van der Waals surface area contributed by atoms with Gasteiger partial charge in [0.15, 0.2) is 11.6 Å². The van der Waals surface area contributed by atoms with Crippen molar-refractivity contribution in [3.63, 3.8) is 0 Å². The van der Waals surface area contributed by atoms with Crippen LogP contribution in [0.3, 0.4) is 0 Å². The van der Waals surface area contributed by atoms with Crippen molar-refractivity contribution in [2.45, 2.75) is 58.7 Å². The first kappa shape index (κ1) is 19.9. The molecule has 3 rings (SSSR count). The lowest BCUT2D eigenvalue weighted by molar-refractivity contribution is 0.184. The van der Waals surface area contributed by atoms with E-state index >= 15 is 0 Å². The minimum absolute atomic E-state index is 0.0211. The monoisotopic (exact) mass is 378 g/mol. The van der Waals surface area contributed by atoms with Gasteiger partial charge in [0.1, 0.15) is 11.2 Å². The van der Waals surface area contributed by atoms with Gasteiger partial charge < -0.3 is 5.32 Å². The van der Waals surface area contributed by atoms with Crippen LogP contribution in [0, 0.1) is 11.6 Å². The third-order valence-electron chi connectivity index (χ3n) is 5.40. The first-order valence-corrected chi connectivity index (χ1v) is 9.83. The molecule has 2 heterocycles. The average Bonchev–Trinajstić information content (AvgIpc) is 2.87. The van der Waals surface area contributed by atoms with Crippen LogP contribution in [0.15, 0.2) is 16.9 Å². The average molecular weight is 378 g/mol. The summed E-state index contributed by atoms with van der Waals surface area (Å²) in [5, 5.41) is 3.22. The molecular weight excluding hydrogens is 350 g/mol. The third-order valence-corrected chi connectivity index (χ3v) is 5.40. The molecule has 0 aliphatic carbocycles. The number of hydrogen-bond donors (Lipinski definition) is 1. The summed E-state index contributed by atoms with van der Waals surface area (Å²) >= 11 is 0. The van der Waals surface area contributed by atoms with Crippen molar-refractivity contribution in [2.75, 3.05) is 19.6 Å². The Hall–Kier alpha value is -1.86. The number of hydrogen-bond acceptors (Lipinski definition) is 4. The fraction of sp³-hybridized carbons (Fsp3) is 0.600. The Balaban J connectivity index is 2.14. The van der Waals surface area contributed by atoms with Crippen molar-refractivity contribution in [2.24, 2.45) is 0 Å². The van der Waals surface area contributed by atoms with Gasteiger partial charge in [0.05, 0.1) is 11.6 Å². The van der Waals surface area contributed by atoms with Gasteiger partial charge in [-0.25, -0.2) is 13.8 Å². The lowest BCUT2D eigenvalue weighted by Gasteiger charge is -2.31. The van der Waals surface area contributed by atoms with E-state index in [1.807, 2.05) is 6.92 Å². The highest BCUT2D eigenvalue weighted by atomic mass is 19.2. The van der Waals surface area contributed by atoms with Crippen molar-refractivity contribution in [1.82, 2.24) is 19.8 Å². The number of nitrogens with zero attached hydrogens (tertiary/aromatic N) is 3. The van der Waals surface area contributed by atoms with Gasteiger partial charge >= 0.3 is 0 Å². The van der Waals surface area contributed by atoms with Crippen LogP contribution in [0.1, 0.15) is 51.9 Å². The molecule has 1 aromatic heterocycles. The highest BCUT2D eigenvalue weighted by molar-refractivity contribution is 5.78. The molecule has 1 aliphatic rings. The number of halogens is 2. The van der Waals surface area contributed by atoms with E-state index in [-0.39, 0.29) is 16.9 Å². The quantitative estimate of drug-likeness (QED) is 0.868. The summed E-state index contributed by atoms with van der Waals surface area (Å²) in [7, 11) is 0. The van der Waals surface area contributed by atoms with E-state index in [4.69, 9.17) is 0 Å². The van der Waals surface area contributed by atoms with E-state index in [1.165, 1.54) is 10.6 Å². The Morgan fingerprint density at radius 1 is 1.30 bits per heavy atom. The van der Waals surface area contributed by atoms with Crippen LogP contribution in [0.2, 0.25) is 0 Å². The predicted octanol–water partition coefficient (Wildman–Crippen LogP) is 3.22. The van der Waals surface area contributed by atoms with Gasteiger partial charge in [-0.05, 0) is 38.8 Å².